The van der Waals surface area contributed by atoms with Crippen LogP contribution in [0.4, 0.5) is 5.82 Å². The summed E-state index contributed by atoms with van der Waals surface area (Å²) in [5.74, 6) is 1.13. The highest BCUT2D eigenvalue weighted by Crippen LogP contribution is 2.31. The maximum atomic E-state index is 11.7. The fourth-order valence-electron chi connectivity index (χ4n) is 2.26. The Kier molecular flexibility index (Phi) is 3.34. The van der Waals surface area contributed by atoms with Crippen molar-refractivity contribution in [3.8, 4) is 0 Å². The van der Waals surface area contributed by atoms with E-state index in [1.54, 1.807) is 0 Å². The highest BCUT2D eigenvalue weighted by molar-refractivity contribution is 5.81. The first-order valence-electron chi connectivity index (χ1n) is 6.48. The number of aromatic amines is 1. The molecule has 3 N–H and O–H groups in total. The normalized spacial score (nSPS) is 23.1. The minimum absolute atomic E-state index is 0.151. The van der Waals surface area contributed by atoms with Gasteiger partial charge in [-0.05, 0) is 13.3 Å². The Morgan fingerprint density at radius 3 is 2.79 bits per heavy atom. The fraction of sp³-hybridized carbons (Fsp3) is 0.615. The number of nitrogens with one attached hydrogen (secondary N) is 1. The van der Waals surface area contributed by atoms with E-state index in [9.17, 15) is 9.59 Å². The van der Waals surface area contributed by atoms with Gasteiger partial charge in [-0.15, -0.1) is 0 Å². The summed E-state index contributed by atoms with van der Waals surface area (Å²) in [6, 6.07) is 1.47. The molecule has 2 rings (SSSR count). The third-order valence-electron chi connectivity index (χ3n) is 3.69. The van der Waals surface area contributed by atoms with E-state index in [4.69, 9.17) is 5.73 Å². The molecule has 2 heterocycles. The van der Waals surface area contributed by atoms with Gasteiger partial charge in [0.05, 0.1) is 5.41 Å². The number of aromatic nitrogens is 2. The lowest BCUT2D eigenvalue weighted by Crippen LogP contribution is -2.37. The first-order chi connectivity index (χ1) is 8.82. The van der Waals surface area contributed by atoms with Gasteiger partial charge in [-0.1, -0.05) is 13.8 Å². The second-order valence-corrected chi connectivity index (χ2v) is 5.74. The Balaban J connectivity index is 2.29. The first kappa shape index (κ1) is 13.6. The summed E-state index contributed by atoms with van der Waals surface area (Å²) in [5, 5.41) is 0. The van der Waals surface area contributed by atoms with Crippen molar-refractivity contribution in [1.82, 2.24) is 9.97 Å². The zero-order valence-electron chi connectivity index (χ0n) is 11.6. The lowest BCUT2D eigenvalue weighted by molar-refractivity contribution is -0.125. The van der Waals surface area contributed by atoms with Crippen LogP contribution in [-0.2, 0) is 4.79 Å². The number of nitrogens with zero attached hydrogens (tertiary/aromatic N) is 2. The van der Waals surface area contributed by atoms with Crippen LogP contribution in [-0.4, -0.2) is 29.0 Å². The predicted molar refractivity (Wildman–Crippen MR) is 73.1 cm³/mol. The van der Waals surface area contributed by atoms with Crippen LogP contribution in [0.15, 0.2) is 10.9 Å². The van der Waals surface area contributed by atoms with Gasteiger partial charge in [0.15, 0.2) is 0 Å². The number of primary amides is 1. The Morgan fingerprint density at radius 2 is 2.26 bits per heavy atom. The molecule has 1 unspecified atom stereocenters. The smallest absolute Gasteiger partial charge is 0.252 e. The largest absolute Gasteiger partial charge is 0.369 e. The molecule has 1 aliphatic heterocycles. The van der Waals surface area contributed by atoms with Crippen molar-refractivity contribution >= 4 is 11.7 Å². The van der Waals surface area contributed by atoms with Crippen LogP contribution in [0.1, 0.15) is 38.9 Å². The summed E-state index contributed by atoms with van der Waals surface area (Å²) in [6.07, 6.45) is 0.688. The maximum absolute atomic E-state index is 11.7. The summed E-state index contributed by atoms with van der Waals surface area (Å²) in [6.45, 7) is 6.99. The zero-order valence-corrected chi connectivity index (χ0v) is 11.6. The molecule has 1 atom stereocenters. The number of anilines is 1. The third kappa shape index (κ3) is 2.62. The van der Waals surface area contributed by atoms with Crippen LogP contribution in [0.3, 0.4) is 0 Å². The van der Waals surface area contributed by atoms with Crippen molar-refractivity contribution in [2.45, 2.75) is 33.1 Å². The quantitative estimate of drug-likeness (QED) is 0.836. The van der Waals surface area contributed by atoms with Gasteiger partial charge < -0.3 is 15.6 Å². The number of nitrogens with two attached hydrogens (primary N) is 1. The first-order valence-corrected chi connectivity index (χ1v) is 6.48. The fourth-order valence-corrected chi connectivity index (χ4v) is 2.26. The molecule has 19 heavy (non-hydrogen) atoms. The van der Waals surface area contributed by atoms with E-state index < -0.39 is 5.41 Å². The number of hydrogen-bond donors (Lipinski definition) is 2. The summed E-state index contributed by atoms with van der Waals surface area (Å²) >= 11 is 0. The van der Waals surface area contributed by atoms with Crippen LogP contribution in [0, 0.1) is 5.41 Å². The number of H-pyrrole nitrogens is 1. The third-order valence-corrected chi connectivity index (χ3v) is 3.69. The average molecular weight is 264 g/mol. The molecule has 1 aromatic rings. The van der Waals surface area contributed by atoms with Crippen LogP contribution < -0.4 is 16.2 Å². The van der Waals surface area contributed by atoms with Gasteiger partial charge >= 0.3 is 0 Å². The minimum atomic E-state index is -0.539. The molecule has 1 saturated heterocycles. The second-order valence-electron chi connectivity index (χ2n) is 5.74. The van der Waals surface area contributed by atoms with E-state index in [2.05, 4.69) is 9.97 Å². The van der Waals surface area contributed by atoms with Crippen molar-refractivity contribution < 1.29 is 4.79 Å². The number of rotatable bonds is 3. The van der Waals surface area contributed by atoms with Gasteiger partial charge in [-0.3, -0.25) is 9.59 Å². The van der Waals surface area contributed by atoms with Gasteiger partial charge in [0.2, 0.25) is 5.91 Å². The monoisotopic (exact) mass is 264 g/mol. The van der Waals surface area contributed by atoms with Crippen molar-refractivity contribution in [1.29, 1.82) is 0 Å². The number of carbonyl (C=O) groups excluding carboxylic acids is 1. The highest BCUT2D eigenvalue weighted by Gasteiger charge is 2.39. The second kappa shape index (κ2) is 4.68. The lowest BCUT2D eigenvalue weighted by atomic mass is 9.89. The zero-order chi connectivity index (χ0) is 14.2. The molecular weight excluding hydrogens is 244 g/mol. The Morgan fingerprint density at radius 1 is 1.58 bits per heavy atom. The van der Waals surface area contributed by atoms with Crippen LogP contribution in [0.25, 0.3) is 0 Å². The van der Waals surface area contributed by atoms with E-state index in [-0.39, 0.29) is 17.4 Å². The van der Waals surface area contributed by atoms with Crippen LogP contribution in [0.5, 0.6) is 0 Å². The number of carbonyl (C=O) groups is 1. The Bertz CT molecular complexity index is 552. The molecule has 1 fully saturated rings. The molecule has 1 aliphatic rings. The standard InChI is InChI=1S/C13H20N4O2/c1-8(2)11-15-9(6-10(18)16-11)17-5-4-13(3,7-17)12(14)19/h6,8H,4-5,7H2,1-3H3,(H2,14,19)(H,15,16,18). The molecule has 0 aliphatic carbocycles. The molecule has 1 aromatic heterocycles. The van der Waals surface area contributed by atoms with Crippen molar-refractivity contribution in [3.63, 3.8) is 0 Å². The van der Waals surface area contributed by atoms with Crippen LogP contribution in [0.2, 0.25) is 0 Å². The average Bonchev–Trinajstić information content (AvgIpc) is 2.72. The maximum Gasteiger partial charge on any atom is 0.252 e. The number of hydrogen-bond acceptors (Lipinski definition) is 4. The van der Waals surface area contributed by atoms with Crippen LogP contribution >= 0.6 is 0 Å². The molecule has 0 saturated carbocycles. The SMILES string of the molecule is CC(C)c1nc(N2CCC(C)(C(N)=O)C2)cc(=O)[nH]1. The molecule has 104 valence electrons. The van der Waals surface area contributed by atoms with Gasteiger partial charge in [-0.25, -0.2) is 4.98 Å². The van der Waals surface area contributed by atoms with Gasteiger partial charge in [0, 0.05) is 25.1 Å². The van der Waals surface area contributed by atoms with Crippen molar-refractivity contribution in [2.75, 3.05) is 18.0 Å². The van der Waals surface area contributed by atoms with Gasteiger partial charge in [0.25, 0.3) is 5.56 Å². The summed E-state index contributed by atoms with van der Waals surface area (Å²) in [4.78, 5) is 32.2. The van der Waals surface area contributed by atoms with Crippen molar-refractivity contribution in [2.24, 2.45) is 11.1 Å². The summed E-state index contributed by atoms with van der Waals surface area (Å²) in [7, 11) is 0. The van der Waals surface area contributed by atoms with Crippen molar-refractivity contribution in [3.05, 3.63) is 22.2 Å². The summed E-state index contributed by atoms with van der Waals surface area (Å²) in [5.41, 5.74) is 4.72. The minimum Gasteiger partial charge on any atom is -0.369 e. The van der Waals surface area contributed by atoms with E-state index in [0.29, 0.717) is 31.2 Å². The van der Waals surface area contributed by atoms with E-state index in [1.165, 1.54) is 6.07 Å². The van der Waals surface area contributed by atoms with Gasteiger partial charge in [-0.2, -0.15) is 0 Å². The molecule has 0 radical (unpaired) electrons. The molecule has 0 bridgehead atoms. The molecule has 0 aromatic carbocycles. The Labute approximate surface area is 112 Å². The topological polar surface area (TPSA) is 92.1 Å². The predicted octanol–water partition coefficient (Wildman–Crippen LogP) is 0.595. The molecule has 6 heteroatoms. The highest BCUT2D eigenvalue weighted by atomic mass is 16.1. The van der Waals surface area contributed by atoms with Gasteiger partial charge in [0.1, 0.15) is 11.6 Å². The molecule has 0 spiro atoms. The van der Waals surface area contributed by atoms with E-state index in [1.807, 2.05) is 25.7 Å². The molecule has 6 nitrogen and oxygen atoms in total. The molecule has 1 amide bonds. The number of amides is 1. The Hall–Kier alpha value is -1.85. The molecular formula is C13H20N4O2. The summed E-state index contributed by atoms with van der Waals surface area (Å²) < 4.78 is 0. The lowest BCUT2D eigenvalue weighted by Gasteiger charge is -2.22. The van der Waals surface area contributed by atoms with E-state index in [0.717, 1.165) is 0 Å². The van der Waals surface area contributed by atoms with E-state index >= 15 is 0 Å².